The molecule has 0 bridgehead atoms. The number of amides is 1. The van der Waals surface area contributed by atoms with E-state index in [1.807, 2.05) is 12.1 Å². The number of carbonyl (C=O) groups is 1. The summed E-state index contributed by atoms with van der Waals surface area (Å²) in [7, 11) is 1.77. The second-order valence-corrected chi connectivity index (χ2v) is 3.13. The van der Waals surface area contributed by atoms with Gasteiger partial charge in [-0.25, -0.2) is 0 Å². The number of anilines is 2. The molecule has 1 aromatic carbocycles. The molecule has 0 radical (unpaired) electrons. The highest BCUT2D eigenvalue weighted by molar-refractivity contribution is 6.07. The highest BCUT2D eigenvalue weighted by Crippen LogP contribution is 2.15. The minimum Gasteiger partial charge on any atom is -0.387 e. The Labute approximate surface area is 92.4 Å². The molecule has 0 unspecified atom stereocenters. The van der Waals surface area contributed by atoms with Crippen LogP contribution in [0.5, 0.6) is 0 Å². The fraction of sp³-hybridized carbons (Fsp3) is 0.0909. The molecule has 2 N–H and O–H groups in total. The minimum absolute atomic E-state index is 0.223. The Bertz CT molecular complexity index is 480. The van der Waals surface area contributed by atoms with E-state index in [-0.39, 0.29) is 5.91 Å². The number of hydrogen-bond acceptors (Lipinski definition) is 4. The fourth-order valence-electron chi connectivity index (χ4n) is 1.36. The Morgan fingerprint density at radius 2 is 2.12 bits per heavy atom. The van der Waals surface area contributed by atoms with Crippen molar-refractivity contribution in [3.05, 3.63) is 42.2 Å². The molecule has 2 aromatic rings. The number of nitrogens with zero attached hydrogens (tertiary/aromatic N) is 1. The van der Waals surface area contributed by atoms with Crippen molar-refractivity contribution in [1.29, 1.82) is 0 Å². The summed E-state index contributed by atoms with van der Waals surface area (Å²) in [5.41, 5.74) is 1.33. The van der Waals surface area contributed by atoms with E-state index in [2.05, 4.69) is 20.3 Å². The first-order valence-electron chi connectivity index (χ1n) is 4.80. The maximum absolute atomic E-state index is 11.9. The Morgan fingerprint density at radius 3 is 2.81 bits per heavy atom. The lowest BCUT2D eigenvalue weighted by atomic mass is 10.1. The molecule has 1 amide bonds. The van der Waals surface area contributed by atoms with Gasteiger partial charge in [-0.15, -0.1) is 0 Å². The maximum atomic E-state index is 11.9. The lowest BCUT2D eigenvalue weighted by Gasteiger charge is -2.07. The predicted molar refractivity (Wildman–Crippen MR) is 60.4 cm³/mol. The predicted octanol–water partition coefficient (Wildman–Crippen LogP) is 1.97. The monoisotopic (exact) mass is 217 g/mol. The van der Waals surface area contributed by atoms with Gasteiger partial charge in [0.2, 0.25) is 0 Å². The van der Waals surface area contributed by atoms with Crippen molar-refractivity contribution in [3.8, 4) is 0 Å². The molecule has 1 heterocycles. The van der Waals surface area contributed by atoms with Crippen LogP contribution in [0.1, 0.15) is 10.4 Å². The SMILES string of the molecule is CNc1ccccc1C(=O)Nc1ccon1. The van der Waals surface area contributed by atoms with E-state index in [4.69, 9.17) is 0 Å². The van der Waals surface area contributed by atoms with Crippen molar-refractivity contribution in [2.75, 3.05) is 17.7 Å². The first kappa shape index (κ1) is 10.2. The van der Waals surface area contributed by atoms with Crippen LogP contribution in [0.4, 0.5) is 11.5 Å². The quantitative estimate of drug-likeness (QED) is 0.824. The maximum Gasteiger partial charge on any atom is 0.259 e. The summed E-state index contributed by atoms with van der Waals surface area (Å²) in [5, 5.41) is 9.19. The van der Waals surface area contributed by atoms with Crippen molar-refractivity contribution in [1.82, 2.24) is 5.16 Å². The summed E-state index contributed by atoms with van der Waals surface area (Å²) < 4.78 is 4.63. The molecule has 0 saturated carbocycles. The second kappa shape index (κ2) is 4.48. The van der Waals surface area contributed by atoms with E-state index in [0.717, 1.165) is 5.69 Å². The molecule has 16 heavy (non-hydrogen) atoms. The van der Waals surface area contributed by atoms with Crippen LogP contribution < -0.4 is 10.6 Å². The van der Waals surface area contributed by atoms with E-state index >= 15 is 0 Å². The number of para-hydroxylation sites is 1. The Hall–Kier alpha value is -2.30. The highest BCUT2D eigenvalue weighted by Gasteiger charge is 2.10. The molecule has 0 fully saturated rings. The van der Waals surface area contributed by atoms with E-state index in [1.54, 1.807) is 25.2 Å². The summed E-state index contributed by atoms with van der Waals surface area (Å²) in [6.45, 7) is 0. The molecule has 1 aromatic heterocycles. The number of benzene rings is 1. The van der Waals surface area contributed by atoms with Crippen LogP contribution in [0.2, 0.25) is 0 Å². The lowest BCUT2D eigenvalue weighted by Crippen LogP contribution is -2.13. The normalized spacial score (nSPS) is 9.81. The van der Waals surface area contributed by atoms with Crippen LogP contribution in [-0.4, -0.2) is 18.1 Å². The molecule has 0 aliphatic rings. The molecule has 5 heteroatoms. The first-order valence-corrected chi connectivity index (χ1v) is 4.80. The molecule has 0 spiro atoms. The third-order valence-corrected chi connectivity index (χ3v) is 2.12. The van der Waals surface area contributed by atoms with Crippen LogP contribution in [-0.2, 0) is 0 Å². The van der Waals surface area contributed by atoms with Crippen LogP contribution in [0.15, 0.2) is 41.1 Å². The summed E-state index contributed by atoms with van der Waals surface area (Å²) in [6.07, 6.45) is 1.40. The molecule has 2 rings (SSSR count). The van der Waals surface area contributed by atoms with Crippen LogP contribution in [0, 0.1) is 0 Å². The van der Waals surface area contributed by atoms with Crippen molar-refractivity contribution < 1.29 is 9.32 Å². The first-order chi connectivity index (χ1) is 7.81. The standard InChI is InChI=1S/C11H11N3O2/c1-12-9-5-3-2-4-8(9)11(15)13-10-6-7-16-14-10/h2-7,12H,1H3,(H,13,14,15). The van der Waals surface area contributed by atoms with Gasteiger partial charge in [0.05, 0.1) is 5.56 Å². The van der Waals surface area contributed by atoms with Crippen LogP contribution in [0.3, 0.4) is 0 Å². The molecule has 0 aliphatic carbocycles. The van der Waals surface area contributed by atoms with Gasteiger partial charge >= 0.3 is 0 Å². The zero-order valence-electron chi connectivity index (χ0n) is 8.73. The largest absolute Gasteiger partial charge is 0.387 e. The van der Waals surface area contributed by atoms with E-state index in [9.17, 15) is 4.79 Å². The van der Waals surface area contributed by atoms with Gasteiger partial charge in [0.25, 0.3) is 5.91 Å². The number of carbonyl (C=O) groups excluding carboxylic acids is 1. The van der Waals surface area contributed by atoms with Gasteiger partial charge in [0.15, 0.2) is 5.82 Å². The zero-order valence-corrected chi connectivity index (χ0v) is 8.73. The molecule has 5 nitrogen and oxygen atoms in total. The summed E-state index contributed by atoms with van der Waals surface area (Å²) in [4.78, 5) is 11.9. The van der Waals surface area contributed by atoms with E-state index < -0.39 is 0 Å². The van der Waals surface area contributed by atoms with E-state index in [1.165, 1.54) is 6.26 Å². The molecule has 0 saturated heterocycles. The van der Waals surface area contributed by atoms with Crippen LogP contribution >= 0.6 is 0 Å². The average molecular weight is 217 g/mol. The van der Waals surface area contributed by atoms with Gasteiger partial charge in [-0.2, -0.15) is 0 Å². The molecular weight excluding hydrogens is 206 g/mol. The second-order valence-electron chi connectivity index (χ2n) is 3.13. The summed E-state index contributed by atoms with van der Waals surface area (Å²) in [5.74, 6) is 0.176. The molecule has 82 valence electrons. The lowest BCUT2D eigenvalue weighted by molar-refractivity contribution is 0.102. The number of rotatable bonds is 3. The van der Waals surface area contributed by atoms with E-state index in [0.29, 0.717) is 11.4 Å². The van der Waals surface area contributed by atoms with Gasteiger partial charge in [0, 0.05) is 18.8 Å². The minimum atomic E-state index is -0.223. The third kappa shape index (κ3) is 2.03. The van der Waals surface area contributed by atoms with Gasteiger partial charge < -0.3 is 15.2 Å². The van der Waals surface area contributed by atoms with Crippen molar-refractivity contribution >= 4 is 17.4 Å². The molecule has 0 aliphatic heterocycles. The number of nitrogens with one attached hydrogen (secondary N) is 2. The van der Waals surface area contributed by atoms with Crippen molar-refractivity contribution in [3.63, 3.8) is 0 Å². The number of hydrogen-bond donors (Lipinski definition) is 2. The Balaban J connectivity index is 2.21. The van der Waals surface area contributed by atoms with Gasteiger partial charge in [-0.05, 0) is 12.1 Å². The smallest absolute Gasteiger partial charge is 0.259 e. The molecular formula is C11H11N3O2. The summed E-state index contributed by atoms with van der Waals surface area (Å²) in [6, 6.07) is 8.82. The van der Waals surface area contributed by atoms with Crippen molar-refractivity contribution in [2.24, 2.45) is 0 Å². The Morgan fingerprint density at radius 1 is 1.31 bits per heavy atom. The Kier molecular flexibility index (Phi) is 2.86. The average Bonchev–Trinajstić information content (AvgIpc) is 2.81. The van der Waals surface area contributed by atoms with Gasteiger partial charge in [-0.3, -0.25) is 4.79 Å². The summed E-state index contributed by atoms with van der Waals surface area (Å²) >= 11 is 0. The van der Waals surface area contributed by atoms with Crippen LogP contribution in [0.25, 0.3) is 0 Å². The number of aromatic nitrogens is 1. The third-order valence-electron chi connectivity index (χ3n) is 2.12. The highest BCUT2D eigenvalue weighted by atomic mass is 16.5. The van der Waals surface area contributed by atoms with Gasteiger partial charge in [0.1, 0.15) is 6.26 Å². The van der Waals surface area contributed by atoms with Gasteiger partial charge in [-0.1, -0.05) is 17.3 Å². The fourth-order valence-corrected chi connectivity index (χ4v) is 1.36. The zero-order chi connectivity index (χ0) is 11.4. The molecule has 0 atom stereocenters. The van der Waals surface area contributed by atoms with Crippen molar-refractivity contribution in [2.45, 2.75) is 0 Å². The topological polar surface area (TPSA) is 67.2 Å².